The maximum absolute atomic E-state index is 12.1. The SMILES string of the molecule is CCCNCCNc1nnc(C(F)F)s1. The standard InChI is InChI=1S/C8H14F2N4S/c1-2-3-11-4-5-12-8-14-13-7(15-8)6(9)10/h6,11H,2-5H2,1H3,(H,12,14). The van der Waals surface area contributed by atoms with Gasteiger partial charge >= 0.3 is 0 Å². The molecule has 1 rings (SSSR count). The molecule has 1 aromatic rings. The van der Waals surface area contributed by atoms with E-state index in [-0.39, 0.29) is 5.01 Å². The average molecular weight is 236 g/mol. The molecule has 0 saturated heterocycles. The molecular weight excluding hydrogens is 222 g/mol. The van der Waals surface area contributed by atoms with Crippen LogP contribution in [-0.4, -0.2) is 29.8 Å². The Morgan fingerprint density at radius 3 is 2.67 bits per heavy atom. The Kier molecular flexibility index (Phi) is 5.41. The number of anilines is 1. The Morgan fingerprint density at radius 1 is 1.27 bits per heavy atom. The van der Waals surface area contributed by atoms with Gasteiger partial charge in [0.25, 0.3) is 6.43 Å². The monoisotopic (exact) mass is 236 g/mol. The molecule has 1 aromatic heterocycles. The largest absolute Gasteiger partial charge is 0.359 e. The highest BCUT2D eigenvalue weighted by Gasteiger charge is 2.13. The lowest BCUT2D eigenvalue weighted by Gasteiger charge is -2.02. The zero-order chi connectivity index (χ0) is 11.1. The second-order valence-corrected chi connectivity index (χ2v) is 3.93. The van der Waals surface area contributed by atoms with Gasteiger partial charge in [-0.25, -0.2) is 8.78 Å². The van der Waals surface area contributed by atoms with Crippen LogP contribution < -0.4 is 10.6 Å². The average Bonchev–Trinajstić information content (AvgIpc) is 2.66. The predicted molar refractivity (Wildman–Crippen MR) is 56.5 cm³/mol. The highest BCUT2D eigenvalue weighted by atomic mass is 32.1. The zero-order valence-corrected chi connectivity index (χ0v) is 9.28. The molecule has 2 N–H and O–H groups in total. The fraction of sp³-hybridized carbons (Fsp3) is 0.750. The van der Waals surface area contributed by atoms with E-state index in [4.69, 9.17) is 0 Å². The molecule has 86 valence electrons. The number of nitrogens with one attached hydrogen (secondary N) is 2. The molecule has 0 aliphatic heterocycles. The zero-order valence-electron chi connectivity index (χ0n) is 8.46. The third kappa shape index (κ3) is 4.48. The summed E-state index contributed by atoms with van der Waals surface area (Å²) in [4.78, 5) is 0. The van der Waals surface area contributed by atoms with Crippen molar-refractivity contribution < 1.29 is 8.78 Å². The van der Waals surface area contributed by atoms with Crippen LogP contribution in [0, 0.1) is 0 Å². The van der Waals surface area contributed by atoms with Gasteiger partial charge in [-0.1, -0.05) is 18.3 Å². The van der Waals surface area contributed by atoms with E-state index < -0.39 is 6.43 Å². The van der Waals surface area contributed by atoms with Crippen molar-refractivity contribution in [3.8, 4) is 0 Å². The normalized spacial score (nSPS) is 10.9. The van der Waals surface area contributed by atoms with E-state index in [0.717, 1.165) is 30.8 Å². The van der Waals surface area contributed by atoms with Gasteiger partial charge in [0.15, 0.2) is 5.01 Å². The molecule has 0 atom stereocenters. The summed E-state index contributed by atoms with van der Waals surface area (Å²) in [5.74, 6) is 0. The molecule has 4 nitrogen and oxygen atoms in total. The Labute approximate surface area is 91.1 Å². The number of alkyl halides is 2. The van der Waals surface area contributed by atoms with E-state index in [1.165, 1.54) is 0 Å². The van der Waals surface area contributed by atoms with Gasteiger partial charge < -0.3 is 10.6 Å². The lowest BCUT2D eigenvalue weighted by Crippen LogP contribution is -2.22. The van der Waals surface area contributed by atoms with Crippen molar-refractivity contribution >= 4 is 16.5 Å². The highest BCUT2D eigenvalue weighted by Crippen LogP contribution is 2.24. The number of aromatic nitrogens is 2. The lowest BCUT2D eigenvalue weighted by atomic mass is 10.5. The van der Waals surface area contributed by atoms with Crippen LogP contribution in [0.25, 0.3) is 0 Å². The molecule has 7 heteroatoms. The first-order chi connectivity index (χ1) is 7.24. The van der Waals surface area contributed by atoms with Crippen molar-refractivity contribution in [2.45, 2.75) is 19.8 Å². The van der Waals surface area contributed by atoms with Crippen LogP contribution in [-0.2, 0) is 0 Å². The first kappa shape index (κ1) is 12.3. The van der Waals surface area contributed by atoms with E-state index in [1.54, 1.807) is 0 Å². The molecular formula is C8H14F2N4S. The Hall–Kier alpha value is -0.820. The van der Waals surface area contributed by atoms with Crippen LogP contribution in [0.4, 0.5) is 13.9 Å². The number of rotatable bonds is 7. The summed E-state index contributed by atoms with van der Waals surface area (Å²) in [5, 5.41) is 13.3. The molecule has 0 aromatic carbocycles. The molecule has 15 heavy (non-hydrogen) atoms. The molecule has 0 fully saturated rings. The van der Waals surface area contributed by atoms with Crippen molar-refractivity contribution in [1.29, 1.82) is 0 Å². The van der Waals surface area contributed by atoms with Crippen molar-refractivity contribution in [2.75, 3.05) is 25.0 Å². The molecule has 0 spiro atoms. The van der Waals surface area contributed by atoms with Crippen molar-refractivity contribution in [1.82, 2.24) is 15.5 Å². The van der Waals surface area contributed by atoms with Gasteiger partial charge in [-0.15, -0.1) is 10.2 Å². The van der Waals surface area contributed by atoms with Crippen molar-refractivity contribution in [3.63, 3.8) is 0 Å². The van der Waals surface area contributed by atoms with Crippen LogP contribution in [0.3, 0.4) is 0 Å². The summed E-state index contributed by atoms with van der Waals surface area (Å²) >= 11 is 0.894. The Morgan fingerprint density at radius 2 is 2.07 bits per heavy atom. The maximum atomic E-state index is 12.1. The molecule has 0 saturated carbocycles. The summed E-state index contributed by atoms with van der Waals surface area (Å²) in [5.41, 5.74) is 0. The fourth-order valence-corrected chi connectivity index (χ4v) is 1.58. The maximum Gasteiger partial charge on any atom is 0.291 e. The second kappa shape index (κ2) is 6.62. The van der Waals surface area contributed by atoms with E-state index in [9.17, 15) is 8.78 Å². The summed E-state index contributed by atoms with van der Waals surface area (Å²) < 4.78 is 24.3. The smallest absolute Gasteiger partial charge is 0.291 e. The molecule has 0 aliphatic carbocycles. The van der Waals surface area contributed by atoms with Crippen LogP contribution >= 0.6 is 11.3 Å². The van der Waals surface area contributed by atoms with Crippen molar-refractivity contribution in [3.05, 3.63) is 5.01 Å². The Bertz CT molecular complexity index is 279. The molecule has 0 radical (unpaired) electrons. The molecule has 1 heterocycles. The molecule has 0 unspecified atom stereocenters. The molecule has 0 amide bonds. The van der Waals surface area contributed by atoms with Gasteiger partial charge in [-0.2, -0.15) is 0 Å². The van der Waals surface area contributed by atoms with Gasteiger partial charge in [0.05, 0.1) is 0 Å². The number of halogens is 2. The molecule has 0 bridgehead atoms. The lowest BCUT2D eigenvalue weighted by molar-refractivity contribution is 0.150. The third-order valence-corrected chi connectivity index (χ3v) is 2.52. The summed E-state index contributed by atoms with van der Waals surface area (Å²) in [6.07, 6.45) is -1.45. The summed E-state index contributed by atoms with van der Waals surface area (Å²) in [6, 6.07) is 0. The summed E-state index contributed by atoms with van der Waals surface area (Å²) in [6.45, 7) is 4.50. The number of nitrogens with zero attached hydrogens (tertiary/aromatic N) is 2. The predicted octanol–water partition coefficient (Wildman–Crippen LogP) is 1.89. The van der Waals surface area contributed by atoms with Crippen LogP contribution in [0.1, 0.15) is 24.8 Å². The van der Waals surface area contributed by atoms with Gasteiger partial charge in [0.1, 0.15) is 0 Å². The first-order valence-electron chi connectivity index (χ1n) is 4.80. The second-order valence-electron chi connectivity index (χ2n) is 2.92. The van der Waals surface area contributed by atoms with Gasteiger partial charge in [0.2, 0.25) is 5.13 Å². The number of hydrogen-bond donors (Lipinski definition) is 2. The minimum absolute atomic E-state index is 0.237. The van der Waals surface area contributed by atoms with Gasteiger partial charge in [0, 0.05) is 13.1 Å². The topological polar surface area (TPSA) is 49.8 Å². The van der Waals surface area contributed by atoms with E-state index in [0.29, 0.717) is 11.7 Å². The minimum Gasteiger partial charge on any atom is -0.359 e. The van der Waals surface area contributed by atoms with Gasteiger partial charge in [-0.3, -0.25) is 0 Å². The molecule has 0 aliphatic rings. The fourth-order valence-electron chi connectivity index (χ4n) is 0.954. The van der Waals surface area contributed by atoms with Crippen molar-refractivity contribution in [2.24, 2.45) is 0 Å². The quantitative estimate of drug-likeness (QED) is 0.710. The highest BCUT2D eigenvalue weighted by molar-refractivity contribution is 7.15. The van der Waals surface area contributed by atoms with Crippen LogP contribution in [0.15, 0.2) is 0 Å². The van der Waals surface area contributed by atoms with Crippen LogP contribution in [0.5, 0.6) is 0 Å². The van der Waals surface area contributed by atoms with E-state index >= 15 is 0 Å². The minimum atomic E-state index is -2.53. The van der Waals surface area contributed by atoms with E-state index in [2.05, 4.69) is 27.8 Å². The Balaban J connectivity index is 2.20. The summed E-state index contributed by atoms with van der Waals surface area (Å²) in [7, 11) is 0. The van der Waals surface area contributed by atoms with E-state index in [1.807, 2.05) is 0 Å². The van der Waals surface area contributed by atoms with Gasteiger partial charge in [-0.05, 0) is 13.0 Å². The van der Waals surface area contributed by atoms with Crippen LogP contribution in [0.2, 0.25) is 0 Å². The third-order valence-electron chi connectivity index (χ3n) is 1.63. The first-order valence-corrected chi connectivity index (χ1v) is 5.61. The number of hydrogen-bond acceptors (Lipinski definition) is 5.